The number of nitrogens with one attached hydrogen (secondary N) is 2. The number of carboxylic acids is 1. The molecule has 0 aliphatic carbocycles. The first-order valence-corrected chi connectivity index (χ1v) is 12.9. The number of pyridine rings is 1. The highest BCUT2D eigenvalue weighted by molar-refractivity contribution is 8.06. The average molecular weight is 561 g/mol. The molecule has 2 aromatic rings. The molecule has 0 saturated carbocycles. The van der Waals surface area contributed by atoms with Crippen LogP contribution < -0.4 is 16.6 Å². The number of rotatable bonds is 7. The maximum absolute atomic E-state index is 12.8. The molecule has 0 radical (unpaired) electrons. The number of H-pyrrole nitrogens is 1. The van der Waals surface area contributed by atoms with E-state index in [0.717, 1.165) is 16.7 Å². The summed E-state index contributed by atoms with van der Waals surface area (Å²) in [5.74, 6) is -2.12. The molecule has 0 spiro atoms. The summed E-state index contributed by atoms with van der Waals surface area (Å²) in [6.45, 7) is 0. The minimum Gasteiger partial charge on any atom is -0.477 e. The summed E-state index contributed by atoms with van der Waals surface area (Å²) in [5, 5.41) is 12.4. The molecule has 5 N–H and O–H groups in total. The van der Waals surface area contributed by atoms with Gasteiger partial charge in [0.1, 0.15) is 32.4 Å². The van der Waals surface area contributed by atoms with Gasteiger partial charge in [-0.1, -0.05) is 35.0 Å². The fraction of sp³-hybridized carbons (Fsp3) is 0.222. The van der Waals surface area contributed by atoms with Crippen molar-refractivity contribution in [2.45, 2.75) is 21.3 Å². The summed E-state index contributed by atoms with van der Waals surface area (Å²) >= 11 is 15.1. The zero-order chi connectivity index (χ0) is 24.6. The number of β-lactam (4-membered cyclic amide) rings is 1. The van der Waals surface area contributed by atoms with E-state index in [2.05, 4.69) is 20.3 Å². The molecule has 178 valence electrons. The number of fused-ring (bicyclic) bond motifs is 1. The van der Waals surface area contributed by atoms with Crippen molar-refractivity contribution in [3.63, 3.8) is 0 Å². The monoisotopic (exact) mass is 560 g/mol. The highest BCUT2D eigenvalue weighted by Gasteiger charge is 2.54. The van der Waals surface area contributed by atoms with Gasteiger partial charge in [-0.25, -0.2) is 14.8 Å². The number of nitrogen functional groups attached to an aromatic ring is 1. The number of amides is 2. The van der Waals surface area contributed by atoms with Crippen LogP contribution >= 0.6 is 58.5 Å². The van der Waals surface area contributed by atoms with Crippen LogP contribution in [-0.4, -0.2) is 65.7 Å². The Morgan fingerprint density at radius 2 is 1.97 bits per heavy atom. The van der Waals surface area contributed by atoms with E-state index >= 15 is 0 Å². The van der Waals surface area contributed by atoms with E-state index in [9.17, 15) is 24.3 Å². The summed E-state index contributed by atoms with van der Waals surface area (Å²) in [6.07, 6.45) is 0. The third kappa shape index (κ3) is 5.30. The lowest BCUT2D eigenvalue weighted by molar-refractivity contribution is -0.150. The Balaban J connectivity index is 1.44. The van der Waals surface area contributed by atoms with Crippen LogP contribution in [0.4, 0.5) is 5.95 Å². The number of aliphatic carboxylic acids is 1. The van der Waals surface area contributed by atoms with Crippen LogP contribution in [0.2, 0.25) is 10.3 Å². The largest absolute Gasteiger partial charge is 0.477 e. The van der Waals surface area contributed by atoms with Gasteiger partial charge in [-0.3, -0.25) is 24.3 Å². The third-order valence-corrected chi connectivity index (χ3v) is 8.35. The number of nitrogens with two attached hydrogens (primary N) is 1. The van der Waals surface area contributed by atoms with Gasteiger partial charge in [-0.15, -0.1) is 23.5 Å². The molecule has 0 aromatic carbocycles. The van der Waals surface area contributed by atoms with Crippen molar-refractivity contribution in [2.24, 2.45) is 0 Å². The molecule has 0 bridgehead atoms. The van der Waals surface area contributed by atoms with Crippen molar-refractivity contribution in [2.75, 3.05) is 17.2 Å². The van der Waals surface area contributed by atoms with Crippen molar-refractivity contribution < 1.29 is 19.5 Å². The van der Waals surface area contributed by atoms with E-state index in [4.69, 9.17) is 28.9 Å². The van der Waals surface area contributed by atoms with Crippen molar-refractivity contribution in [3.8, 4) is 0 Å². The van der Waals surface area contributed by atoms with Crippen LogP contribution in [0.3, 0.4) is 0 Å². The molecule has 1 saturated heterocycles. The van der Waals surface area contributed by atoms with Crippen LogP contribution in [0.15, 0.2) is 43.5 Å². The highest BCUT2D eigenvalue weighted by Crippen LogP contribution is 2.44. The number of carboxylic acid groups (broad SMARTS) is 1. The lowest BCUT2D eigenvalue weighted by Gasteiger charge is -2.49. The lowest BCUT2D eigenvalue weighted by Crippen LogP contribution is -2.70. The van der Waals surface area contributed by atoms with Gasteiger partial charge in [0.05, 0.1) is 5.75 Å². The molecular formula is C18H14Cl2N6O5S3. The van der Waals surface area contributed by atoms with Gasteiger partial charge < -0.3 is 16.2 Å². The van der Waals surface area contributed by atoms with Gasteiger partial charge in [0.2, 0.25) is 11.9 Å². The minimum absolute atomic E-state index is 0.00376. The maximum atomic E-state index is 12.8. The van der Waals surface area contributed by atoms with Crippen molar-refractivity contribution >= 4 is 82.2 Å². The topological polar surface area (TPSA) is 171 Å². The smallest absolute Gasteiger partial charge is 0.353 e. The molecule has 4 heterocycles. The van der Waals surface area contributed by atoms with Gasteiger partial charge in [0.25, 0.3) is 11.5 Å². The van der Waals surface area contributed by atoms with E-state index in [1.807, 2.05) is 0 Å². The van der Waals surface area contributed by atoms with Gasteiger partial charge in [0, 0.05) is 21.6 Å². The summed E-state index contributed by atoms with van der Waals surface area (Å²) < 4.78 is 0. The zero-order valence-electron chi connectivity index (χ0n) is 16.8. The number of carbonyl (C=O) groups is 3. The molecule has 2 amide bonds. The van der Waals surface area contributed by atoms with Gasteiger partial charge in [0.15, 0.2) is 0 Å². The molecule has 2 atom stereocenters. The first kappa shape index (κ1) is 24.7. The zero-order valence-corrected chi connectivity index (χ0v) is 20.7. The molecule has 2 aliphatic heterocycles. The normalized spacial score (nSPS) is 19.5. The summed E-state index contributed by atoms with van der Waals surface area (Å²) in [7, 11) is 0. The van der Waals surface area contributed by atoms with Crippen LogP contribution in [0.25, 0.3) is 0 Å². The Labute approximate surface area is 214 Å². The van der Waals surface area contributed by atoms with E-state index in [0.29, 0.717) is 9.80 Å². The van der Waals surface area contributed by atoms with Crippen LogP contribution in [-0.2, 0) is 14.4 Å². The van der Waals surface area contributed by atoms with Gasteiger partial charge in [-0.2, -0.15) is 0 Å². The average Bonchev–Trinajstić information content (AvgIpc) is 2.74. The molecular weight excluding hydrogens is 547 g/mol. The molecule has 4 rings (SSSR count). The predicted molar refractivity (Wildman–Crippen MR) is 130 cm³/mol. The number of halogens is 2. The second-order valence-electron chi connectivity index (χ2n) is 6.84. The quantitative estimate of drug-likeness (QED) is 0.168. The van der Waals surface area contributed by atoms with E-state index < -0.39 is 34.8 Å². The lowest BCUT2D eigenvalue weighted by atomic mass is 10.1. The number of anilines is 1. The van der Waals surface area contributed by atoms with E-state index in [1.165, 1.54) is 29.6 Å². The highest BCUT2D eigenvalue weighted by atomic mass is 35.5. The van der Waals surface area contributed by atoms with Crippen LogP contribution in [0, 0.1) is 0 Å². The number of thioether (sulfide) groups is 3. The molecule has 34 heavy (non-hydrogen) atoms. The minimum atomic E-state index is -1.30. The van der Waals surface area contributed by atoms with Crippen molar-refractivity contribution in [3.05, 3.63) is 49.5 Å². The summed E-state index contributed by atoms with van der Waals surface area (Å²) in [5.41, 5.74) is 4.85. The Morgan fingerprint density at radius 1 is 1.26 bits per heavy atom. The SMILES string of the molecule is Nc1nc(SC2=C(C(=O)O)N3C(=O)[C@@H](NC(=O)CSc4cc(Cl)nc(Cl)c4)[C@H]3SC2)cc(=O)[nH]1. The predicted octanol–water partition coefficient (Wildman–Crippen LogP) is 1.63. The van der Waals surface area contributed by atoms with Crippen LogP contribution in [0.1, 0.15) is 0 Å². The van der Waals surface area contributed by atoms with Gasteiger partial charge >= 0.3 is 5.97 Å². The number of carbonyl (C=O) groups excluding carboxylic acids is 2. The molecule has 2 aliphatic rings. The standard InChI is InChI=1S/C18H14Cl2N6O5S3/c19-8-1-6(2-9(20)22-8)32-5-11(28)23-13-15(29)26-14(17(30)31)7(4-33-16(13)26)34-12-3-10(27)24-18(21)25-12/h1-3,13,16H,4-5H2,(H,23,28)(H,30,31)(H3,21,24,25,27)/t13-,16-/m1/s1. The Bertz CT molecular complexity index is 1270. The molecule has 2 aromatic heterocycles. The summed E-state index contributed by atoms with van der Waals surface area (Å²) in [4.78, 5) is 61.0. The molecule has 16 heteroatoms. The van der Waals surface area contributed by atoms with Crippen LogP contribution in [0.5, 0.6) is 0 Å². The maximum Gasteiger partial charge on any atom is 0.353 e. The first-order chi connectivity index (χ1) is 16.1. The Morgan fingerprint density at radius 3 is 2.62 bits per heavy atom. The first-order valence-electron chi connectivity index (χ1n) is 9.33. The third-order valence-electron chi connectivity index (χ3n) is 4.52. The van der Waals surface area contributed by atoms with Crippen molar-refractivity contribution in [1.82, 2.24) is 25.2 Å². The van der Waals surface area contributed by atoms with E-state index in [-0.39, 0.29) is 38.5 Å². The van der Waals surface area contributed by atoms with Crippen molar-refractivity contribution in [1.29, 1.82) is 0 Å². The molecule has 1 fully saturated rings. The number of hydrogen-bond donors (Lipinski definition) is 4. The summed E-state index contributed by atoms with van der Waals surface area (Å²) in [6, 6.07) is 3.44. The number of aromatic amines is 1. The number of aromatic nitrogens is 3. The molecule has 11 nitrogen and oxygen atoms in total. The second-order valence-corrected chi connectivity index (χ2v) is 10.9. The number of hydrogen-bond acceptors (Lipinski definition) is 10. The van der Waals surface area contributed by atoms with E-state index in [1.54, 1.807) is 12.1 Å². The Kier molecular flexibility index (Phi) is 7.33. The second kappa shape index (κ2) is 10.1. The Hall–Kier alpha value is -2.39. The fourth-order valence-corrected chi connectivity index (χ4v) is 7.03. The van der Waals surface area contributed by atoms with Gasteiger partial charge in [-0.05, 0) is 12.1 Å². The fourth-order valence-electron chi connectivity index (χ4n) is 3.19. The molecule has 0 unspecified atom stereocenters. The number of nitrogens with zero attached hydrogens (tertiary/aromatic N) is 3.